The molecule has 0 spiro atoms. The first-order valence-electron chi connectivity index (χ1n) is 9.89. The van der Waals surface area contributed by atoms with Crippen LogP contribution in [0, 0.1) is 0 Å². The minimum atomic E-state index is -0.403. The highest BCUT2D eigenvalue weighted by Gasteiger charge is 2.26. The maximum absolute atomic E-state index is 13.1. The number of anilines is 1. The molecule has 1 heterocycles. The first kappa shape index (κ1) is 22.3. The van der Waals surface area contributed by atoms with Gasteiger partial charge in [0.15, 0.2) is 0 Å². The number of hydrogen-bond acceptors (Lipinski definition) is 3. The Balaban J connectivity index is 2.03. The van der Waals surface area contributed by atoms with Gasteiger partial charge in [0.2, 0.25) is 0 Å². The number of carbonyl (C=O) groups is 1. The topological polar surface area (TPSA) is 67.2 Å². The zero-order valence-electron chi connectivity index (χ0n) is 17.2. The zero-order chi connectivity index (χ0) is 21.8. The summed E-state index contributed by atoms with van der Waals surface area (Å²) in [4.78, 5) is 32.6. The standard InChI is InChI=1S/C22H24BrClN4O2/c1-4-12-28(22(30)26-19-9-7-6-8-17(19)23)14(3)20-25-18-11-10-15(24)13-16(18)21(29)27(20)5-2/h6-11,13-14H,4-5,12H2,1-3H3,(H,26,30). The van der Waals surface area contributed by atoms with E-state index in [1.807, 2.05) is 45.0 Å². The summed E-state index contributed by atoms with van der Waals surface area (Å²) in [5, 5.41) is 3.91. The average molecular weight is 492 g/mol. The number of aromatic nitrogens is 2. The van der Waals surface area contributed by atoms with Crippen LogP contribution in [0.25, 0.3) is 10.9 Å². The van der Waals surface area contributed by atoms with Crippen molar-refractivity contribution in [3.8, 4) is 0 Å². The molecular weight excluding hydrogens is 468 g/mol. The number of nitrogens with one attached hydrogen (secondary N) is 1. The normalized spacial score (nSPS) is 12.0. The Hall–Kier alpha value is -2.38. The molecule has 30 heavy (non-hydrogen) atoms. The lowest BCUT2D eigenvalue weighted by Crippen LogP contribution is -2.40. The molecule has 3 rings (SSSR count). The molecule has 2 amide bonds. The van der Waals surface area contributed by atoms with Crippen LogP contribution in [0.4, 0.5) is 10.5 Å². The SMILES string of the molecule is CCCN(C(=O)Nc1ccccc1Br)C(C)c1nc2ccc(Cl)cc2c(=O)n1CC. The van der Waals surface area contributed by atoms with E-state index in [1.54, 1.807) is 27.7 Å². The summed E-state index contributed by atoms with van der Waals surface area (Å²) in [6.07, 6.45) is 0.771. The molecule has 1 N–H and O–H groups in total. The Kier molecular flexibility index (Phi) is 7.15. The summed E-state index contributed by atoms with van der Waals surface area (Å²) in [6.45, 7) is 6.76. The Labute approximate surface area is 189 Å². The van der Waals surface area contributed by atoms with Gasteiger partial charge in [-0.2, -0.15) is 0 Å². The molecule has 0 aliphatic rings. The lowest BCUT2D eigenvalue weighted by molar-refractivity contribution is 0.188. The Morgan fingerprint density at radius 2 is 2.00 bits per heavy atom. The highest BCUT2D eigenvalue weighted by atomic mass is 79.9. The molecule has 0 aliphatic carbocycles. The Morgan fingerprint density at radius 3 is 2.67 bits per heavy atom. The number of hydrogen-bond donors (Lipinski definition) is 1. The lowest BCUT2D eigenvalue weighted by Gasteiger charge is -2.30. The summed E-state index contributed by atoms with van der Waals surface area (Å²) >= 11 is 9.53. The van der Waals surface area contributed by atoms with Gasteiger partial charge >= 0.3 is 6.03 Å². The second-order valence-electron chi connectivity index (χ2n) is 6.96. The Bertz CT molecular complexity index is 1130. The van der Waals surface area contributed by atoms with Gasteiger partial charge in [0.05, 0.1) is 22.6 Å². The van der Waals surface area contributed by atoms with E-state index in [4.69, 9.17) is 16.6 Å². The van der Waals surface area contributed by atoms with Crippen molar-refractivity contribution in [2.45, 2.75) is 39.8 Å². The summed E-state index contributed by atoms with van der Waals surface area (Å²) in [6, 6.07) is 11.9. The fourth-order valence-electron chi connectivity index (χ4n) is 3.44. The maximum atomic E-state index is 13.1. The molecule has 1 atom stereocenters. The quantitative estimate of drug-likeness (QED) is 0.471. The van der Waals surface area contributed by atoms with Crippen molar-refractivity contribution in [3.05, 3.63) is 68.1 Å². The van der Waals surface area contributed by atoms with Crippen molar-refractivity contribution in [1.82, 2.24) is 14.5 Å². The van der Waals surface area contributed by atoms with Crippen LogP contribution in [-0.4, -0.2) is 27.0 Å². The third-order valence-electron chi connectivity index (χ3n) is 4.94. The minimum Gasteiger partial charge on any atom is -0.315 e. The van der Waals surface area contributed by atoms with Crippen molar-refractivity contribution in [2.75, 3.05) is 11.9 Å². The molecule has 1 unspecified atom stereocenters. The molecular formula is C22H24BrClN4O2. The largest absolute Gasteiger partial charge is 0.322 e. The number of halogens is 2. The average Bonchev–Trinajstić information content (AvgIpc) is 2.73. The first-order chi connectivity index (χ1) is 14.4. The van der Waals surface area contributed by atoms with Gasteiger partial charge in [-0.25, -0.2) is 9.78 Å². The van der Waals surface area contributed by atoms with E-state index in [0.717, 1.165) is 10.9 Å². The molecule has 3 aromatic rings. The maximum Gasteiger partial charge on any atom is 0.322 e. The number of rotatable bonds is 6. The Morgan fingerprint density at radius 1 is 1.27 bits per heavy atom. The third-order valence-corrected chi connectivity index (χ3v) is 5.87. The second kappa shape index (κ2) is 9.62. The number of para-hydroxylation sites is 1. The second-order valence-corrected chi connectivity index (χ2v) is 8.25. The summed E-state index contributed by atoms with van der Waals surface area (Å²) in [7, 11) is 0. The zero-order valence-corrected chi connectivity index (χ0v) is 19.5. The smallest absolute Gasteiger partial charge is 0.315 e. The molecule has 1 aromatic heterocycles. The van der Waals surface area contributed by atoms with Crippen LogP contribution in [-0.2, 0) is 6.54 Å². The van der Waals surface area contributed by atoms with E-state index in [2.05, 4.69) is 21.2 Å². The van der Waals surface area contributed by atoms with Crippen LogP contribution < -0.4 is 10.9 Å². The number of amides is 2. The van der Waals surface area contributed by atoms with E-state index in [-0.39, 0.29) is 11.6 Å². The van der Waals surface area contributed by atoms with E-state index in [0.29, 0.717) is 40.5 Å². The van der Waals surface area contributed by atoms with Gasteiger partial charge in [-0.15, -0.1) is 0 Å². The van der Waals surface area contributed by atoms with E-state index in [9.17, 15) is 9.59 Å². The van der Waals surface area contributed by atoms with E-state index in [1.165, 1.54) is 0 Å². The molecule has 0 bridgehead atoms. The fraction of sp³-hybridized carbons (Fsp3) is 0.318. The van der Waals surface area contributed by atoms with Crippen LogP contribution in [0.15, 0.2) is 51.7 Å². The number of nitrogens with zero attached hydrogens (tertiary/aromatic N) is 3. The number of carbonyl (C=O) groups excluding carboxylic acids is 1. The number of urea groups is 1. The number of benzene rings is 2. The third kappa shape index (κ3) is 4.52. The van der Waals surface area contributed by atoms with Gasteiger partial charge in [0, 0.05) is 22.6 Å². The van der Waals surface area contributed by atoms with Crippen molar-refractivity contribution in [3.63, 3.8) is 0 Å². The highest BCUT2D eigenvalue weighted by molar-refractivity contribution is 9.10. The molecule has 8 heteroatoms. The summed E-state index contributed by atoms with van der Waals surface area (Å²) in [5.74, 6) is 0.549. The molecule has 2 aromatic carbocycles. The predicted molar refractivity (Wildman–Crippen MR) is 125 cm³/mol. The summed E-state index contributed by atoms with van der Waals surface area (Å²) in [5.41, 5.74) is 1.10. The number of fused-ring (bicyclic) bond motifs is 1. The van der Waals surface area contributed by atoms with Crippen molar-refractivity contribution in [1.29, 1.82) is 0 Å². The van der Waals surface area contributed by atoms with Crippen molar-refractivity contribution in [2.24, 2.45) is 0 Å². The van der Waals surface area contributed by atoms with Gasteiger partial charge in [0.1, 0.15) is 5.82 Å². The molecule has 0 saturated carbocycles. The van der Waals surface area contributed by atoms with Crippen LogP contribution in [0.5, 0.6) is 0 Å². The molecule has 6 nitrogen and oxygen atoms in total. The van der Waals surface area contributed by atoms with Gasteiger partial charge in [-0.3, -0.25) is 9.36 Å². The van der Waals surface area contributed by atoms with Crippen LogP contribution in [0.1, 0.15) is 39.1 Å². The molecule has 0 aliphatic heterocycles. The van der Waals surface area contributed by atoms with Crippen LogP contribution in [0.3, 0.4) is 0 Å². The predicted octanol–water partition coefficient (Wildman–Crippen LogP) is 5.84. The van der Waals surface area contributed by atoms with E-state index < -0.39 is 6.04 Å². The molecule has 158 valence electrons. The van der Waals surface area contributed by atoms with Gasteiger partial charge in [-0.1, -0.05) is 30.7 Å². The molecule has 0 fully saturated rings. The van der Waals surface area contributed by atoms with Gasteiger partial charge in [0.25, 0.3) is 5.56 Å². The fourth-order valence-corrected chi connectivity index (χ4v) is 3.99. The molecule has 0 radical (unpaired) electrons. The molecule has 0 saturated heterocycles. The van der Waals surface area contributed by atoms with Crippen LogP contribution in [0.2, 0.25) is 5.02 Å². The lowest BCUT2D eigenvalue weighted by atomic mass is 10.2. The first-order valence-corrected chi connectivity index (χ1v) is 11.1. The van der Waals surface area contributed by atoms with E-state index >= 15 is 0 Å². The van der Waals surface area contributed by atoms with Crippen LogP contribution >= 0.6 is 27.5 Å². The van der Waals surface area contributed by atoms with Crippen molar-refractivity contribution >= 4 is 50.2 Å². The highest BCUT2D eigenvalue weighted by Crippen LogP contribution is 2.25. The van der Waals surface area contributed by atoms with Crippen molar-refractivity contribution < 1.29 is 4.79 Å². The minimum absolute atomic E-state index is 0.158. The van der Waals surface area contributed by atoms with Gasteiger partial charge in [-0.05, 0) is 66.5 Å². The summed E-state index contributed by atoms with van der Waals surface area (Å²) < 4.78 is 2.41. The monoisotopic (exact) mass is 490 g/mol. The van der Waals surface area contributed by atoms with Gasteiger partial charge < -0.3 is 10.2 Å².